The van der Waals surface area contributed by atoms with E-state index in [9.17, 15) is 4.39 Å². The minimum Gasteiger partial charge on any atom is -0.385 e. The Bertz CT molecular complexity index is 540. The van der Waals surface area contributed by atoms with Crippen molar-refractivity contribution in [3.63, 3.8) is 0 Å². The zero-order chi connectivity index (χ0) is 11.7. The quantitative estimate of drug-likeness (QED) is 0.849. The van der Waals surface area contributed by atoms with Crippen molar-refractivity contribution in [2.45, 2.75) is 13.8 Å². The van der Waals surface area contributed by atoms with E-state index in [2.05, 4.69) is 32.9 Å². The number of rotatable bonds is 2. The SMILES string of the molecule is CCNc1cc(C)nc2c(I)cc(F)cc12. The Hall–Kier alpha value is -0.910. The molecule has 4 heteroatoms. The Balaban J connectivity index is 2.78. The van der Waals surface area contributed by atoms with Gasteiger partial charge in [-0.15, -0.1) is 0 Å². The molecule has 2 nitrogen and oxygen atoms in total. The zero-order valence-electron chi connectivity index (χ0n) is 9.14. The summed E-state index contributed by atoms with van der Waals surface area (Å²) >= 11 is 2.12. The Labute approximate surface area is 107 Å². The Kier molecular flexibility index (Phi) is 3.28. The third-order valence-corrected chi connectivity index (χ3v) is 3.15. The minimum absolute atomic E-state index is 0.221. The molecule has 1 aromatic heterocycles. The van der Waals surface area contributed by atoms with Crippen molar-refractivity contribution in [3.05, 3.63) is 33.3 Å². The van der Waals surface area contributed by atoms with Gasteiger partial charge in [-0.2, -0.15) is 0 Å². The summed E-state index contributed by atoms with van der Waals surface area (Å²) in [4.78, 5) is 4.45. The van der Waals surface area contributed by atoms with Crippen molar-refractivity contribution in [3.8, 4) is 0 Å². The molecule has 1 heterocycles. The highest BCUT2D eigenvalue weighted by atomic mass is 127. The molecule has 1 N–H and O–H groups in total. The summed E-state index contributed by atoms with van der Waals surface area (Å²) in [5, 5.41) is 4.08. The van der Waals surface area contributed by atoms with E-state index < -0.39 is 0 Å². The lowest BCUT2D eigenvalue weighted by atomic mass is 10.1. The van der Waals surface area contributed by atoms with Gasteiger partial charge >= 0.3 is 0 Å². The summed E-state index contributed by atoms with van der Waals surface area (Å²) in [5.74, 6) is -0.221. The number of anilines is 1. The van der Waals surface area contributed by atoms with Crippen LogP contribution in [0.4, 0.5) is 10.1 Å². The number of nitrogens with one attached hydrogen (secondary N) is 1. The van der Waals surface area contributed by atoms with Crippen molar-refractivity contribution in [2.75, 3.05) is 11.9 Å². The zero-order valence-corrected chi connectivity index (χ0v) is 11.3. The molecule has 0 saturated heterocycles. The van der Waals surface area contributed by atoms with Crippen LogP contribution in [0.3, 0.4) is 0 Å². The molecule has 0 spiro atoms. The largest absolute Gasteiger partial charge is 0.385 e. The topological polar surface area (TPSA) is 24.9 Å². The molecule has 16 heavy (non-hydrogen) atoms. The molecule has 84 valence electrons. The normalized spacial score (nSPS) is 10.8. The lowest BCUT2D eigenvalue weighted by molar-refractivity contribution is 0.628. The lowest BCUT2D eigenvalue weighted by Gasteiger charge is -2.10. The molecule has 0 aliphatic carbocycles. The molecule has 0 saturated carbocycles. The number of aryl methyl sites for hydroxylation is 1. The van der Waals surface area contributed by atoms with Gasteiger partial charge in [0.25, 0.3) is 0 Å². The summed E-state index contributed by atoms with van der Waals surface area (Å²) in [7, 11) is 0. The Morgan fingerprint density at radius 2 is 2.12 bits per heavy atom. The van der Waals surface area contributed by atoms with Crippen molar-refractivity contribution in [1.82, 2.24) is 4.98 Å². The fourth-order valence-corrected chi connectivity index (χ4v) is 2.43. The highest BCUT2D eigenvalue weighted by Crippen LogP contribution is 2.27. The number of pyridine rings is 1. The lowest BCUT2D eigenvalue weighted by Crippen LogP contribution is -2.00. The van der Waals surface area contributed by atoms with E-state index in [4.69, 9.17) is 0 Å². The third kappa shape index (κ3) is 2.11. The van der Waals surface area contributed by atoms with Crippen molar-refractivity contribution < 1.29 is 4.39 Å². The summed E-state index contributed by atoms with van der Waals surface area (Å²) in [6.45, 7) is 4.78. The molecule has 0 fully saturated rings. The highest BCUT2D eigenvalue weighted by molar-refractivity contribution is 14.1. The van der Waals surface area contributed by atoms with Gasteiger partial charge in [0.1, 0.15) is 5.82 Å². The standard InChI is InChI=1S/C12H12FIN2/c1-3-15-11-4-7(2)16-12-9(11)5-8(13)6-10(12)14/h4-6H,3H2,1-2H3,(H,15,16). The molecule has 0 amide bonds. The third-order valence-electron chi connectivity index (χ3n) is 2.33. The molecule has 0 radical (unpaired) electrons. The van der Waals surface area contributed by atoms with Gasteiger partial charge in [-0.3, -0.25) is 4.98 Å². The van der Waals surface area contributed by atoms with E-state index in [1.165, 1.54) is 12.1 Å². The van der Waals surface area contributed by atoms with Crippen LogP contribution in [0.5, 0.6) is 0 Å². The highest BCUT2D eigenvalue weighted by Gasteiger charge is 2.08. The van der Waals surface area contributed by atoms with Crippen LogP contribution in [0.15, 0.2) is 18.2 Å². The first-order chi connectivity index (χ1) is 7.61. The van der Waals surface area contributed by atoms with E-state index in [0.717, 1.165) is 32.4 Å². The Morgan fingerprint density at radius 3 is 2.81 bits per heavy atom. The smallest absolute Gasteiger partial charge is 0.125 e. The van der Waals surface area contributed by atoms with E-state index >= 15 is 0 Å². The van der Waals surface area contributed by atoms with Crippen molar-refractivity contribution in [1.29, 1.82) is 0 Å². The molecule has 0 atom stereocenters. The average Bonchev–Trinajstić information content (AvgIpc) is 2.20. The molecular weight excluding hydrogens is 318 g/mol. The maximum absolute atomic E-state index is 13.4. The second kappa shape index (κ2) is 4.53. The van der Waals surface area contributed by atoms with Gasteiger partial charge in [-0.1, -0.05) is 0 Å². The first-order valence-electron chi connectivity index (χ1n) is 5.12. The van der Waals surface area contributed by atoms with Crippen LogP contribution in [0.25, 0.3) is 10.9 Å². The molecular formula is C12H12FIN2. The van der Waals surface area contributed by atoms with Crippen LogP contribution < -0.4 is 5.32 Å². The van der Waals surface area contributed by atoms with Crippen LogP contribution in [0.2, 0.25) is 0 Å². The number of hydrogen-bond acceptors (Lipinski definition) is 2. The monoisotopic (exact) mass is 330 g/mol. The predicted octanol–water partition coefficient (Wildman–Crippen LogP) is 3.72. The summed E-state index contributed by atoms with van der Waals surface area (Å²) < 4.78 is 14.2. The number of nitrogens with zero attached hydrogens (tertiary/aromatic N) is 1. The van der Waals surface area contributed by atoms with E-state index in [-0.39, 0.29) is 5.82 Å². The molecule has 0 aliphatic heterocycles. The second-order valence-corrected chi connectivity index (χ2v) is 4.79. The van der Waals surface area contributed by atoms with Gasteiger partial charge in [-0.25, -0.2) is 4.39 Å². The van der Waals surface area contributed by atoms with Gasteiger partial charge in [0.2, 0.25) is 0 Å². The first kappa shape index (κ1) is 11.6. The predicted molar refractivity (Wildman–Crippen MR) is 73.3 cm³/mol. The summed E-state index contributed by atoms with van der Waals surface area (Å²) in [6, 6.07) is 4.98. The number of aromatic nitrogens is 1. The average molecular weight is 330 g/mol. The van der Waals surface area contributed by atoms with Crippen LogP contribution >= 0.6 is 22.6 Å². The molecule has 0 unspecified atom stereocenters. The minimum atomic E-state index is -0.221. The first-order valence-corrected chi connectivity index (χ1v) is 6.20. The number of hydrogen-bond donors (Lipinski definition) is 1. The van der Waals surface area contributed by atoms with E-state index in [1.807, 2.05) is 19.9 Å². The van der Waals surface area contributed by atoms with E-state index in [1.54, 1.807) is 0 Å². The van der Waals surface area contributed by atoms with Gasteiger partial charge in [0, 0.05) is 26.9 Å². The van der Waals surface area contributed by atoms with Crippen LogP contribution in [0.1, 0.15) is 12.6 Å². The molecule has 0 bridgehead atoms. The summed E-state index contributed by atoms with van der Waals surface area (Å²) in [5.41, 5.74) is 2.74. The number of benzene rings is 1. The Morgan fingerprint density at radius 1 is 1.38 bits per heavy atom. The van der Waals surface area contributed by atoms with Crippen LogP contribution in [0, 0.1) is 16.3 Å². The molecule has 1 aromatic carbocycles. The molecule has 2 aromatic rings. The molecule has 0 aliphatic rings. The maximum Gasteiger partial charge on any atom is 0.125 e. The second-order valence-electron chi connectivity index (χ2n) is 3.63. The van der Waals surface area contributed by atoms with Gasteiger partial charge < -0.3 is 5.32 Å². The van der Waals surface area contributed by atoms with E-state index in [0.29, 0.717) is 0 Å². The van der Waals surface area contributed by atoms with Crippen LogP contribution in [-0.4, -0.2) is 11.5 Å². The summed E-state index contributed by atoms with van der Waals surface area (Å²) in [6.07, 6.45) is 0. The number of fused-ring (bicyclic) bond motifs is 1. The fourth-order valence-electron chi connectivity index (χ4n) is 1.72. The molecule has 2 rings (SSSR count). The number of halogens is 2. The van der Waals surface area contributed by atoms with Crippen LogP contribution in [-0.2, 0) is 0 Å². The maximum atomic E-state index is 13.4. The van der Waals surface area contributed by atoms with Crippen molar-refractivity contribution >= 4 is 39.2 Å². The fraction of sp³-hybridized carbons (Fsp3) is 0.250. The van der Waals surface area contributed by atoms with Gasteiger partial charge in [-0.05, 0) is 54.6 Å². The van der Waals surface area contributed by atoms with Crippen molar-refractivity contribution in [2.24, 2.45) is 0 Å². The van der Waals surface area contributed by atoms with Gasteiger partial charge in [0.05, 0.1) is 5.52 Å². The van der Waals surface area contributed by atoms with Gasteiger partial charge in [0.15, 0.2) is 0 Å².